The van der Waals surface area contributed by atoms with E-state index in [1.165, 1.54) is 18.1 Å². The fourth-order valence-electron chi connectivity index (χ4n) is 3.57. The molecule has 5 rings (SSSR count). The Bertz CT molecular complexity index is 1190. The minimum absolute atomic E-state index is 0.0232. The highest BCUT2D eigenvalue weighted by Crippen LogP contribution is 2.37. The van der Waals surface area contributed by atoms with E-state index >= 15 is 0 Å². The Hall–Kier alpha value is -2.21. The molecule has 0 unspecified atom stereocenters. The third-order valence-corrected chi connectivity index (χ3v) is 7.62. The lowest BCUT2D eigenvalue weighted by molar-refractivity contribution is -0.121. The number of anilines is 1. The number of rotatable bonds is 6. The number of aryl methyl sites for hydroxylation is 2. The van der Waals surface area contributed by atoms with E-state index in [0.29, 0.717) is 47.6 Å². The Morgan fingerprint density at radius 3 is 2.93 bits per heavy atom. The van der Waals surface area contributed by atoms with Crippen LogP contribution in [0.5, 0.6) is 0 Å². The van der Waals surface area contributed by atoms with Crippen LogP contribution in [0.15, 0.2) is 28.5 Å². The molecule has 1 fully saturated rings. The minimum atomic E-state index is 0.0232. The van der Waals surface area contributed by atoms with Crippen molar-refractivity contribution >= 4 is 63.0 Å². The summed E-state index contributed by atoms with van der Waals surface area (Å²) in [7, 11) is 0. The van der Waals surface area contributed by atoms with E-state index < -0.39 is 0 Å². The number of Topliss-reactive ketones (excluding diaryl/α,β-unsaturated/α-hetero) is 1. The van der Waals surface area contributed by atoms with Crippen molar-refractivity contribution in [3.05, 3.63) is 33.2 Å². The molecular formula is C20H19IN6O2S. The highest BCUT2D eigenvalue weighted by Gasteiger charge is 2.25. The van der Waals surface area contributed by atoms with Crippen LogP contribution in [0.3, 0.4) is 0 Å². The summed E-state index contributed by atoms with van der Waals surface area (Å²) in [5.41, 5.74) is 9.05. The molecule has 1 saturated carbocycles. The van der Waals surface area contributed by atoms with Crippen molar-refractivity contribution in [2.45, 2.75) is 54.7 Å². The fourth-order valence-corrected chi connectivity index (χ4v) is 5.39. The van der Waals surface area contributed by atoms with Crippen molar-refractivity contribution in [3.8, 4) is 0 Å². The first-order valence-corrected chi connectivity index (χ1v) is 11.7. The average Bonchev–Trinajstić information content (AvgIpc) is 3.36. The van der Waals surface area contributed by atoms with Gasteiger partial charge in [0.25, 0.3) is 0 Å². The molecule has 10 heteroatoms. The summed E-state index contributed by atoms with van der Waals surface area (Å²) in [5.74, 6) is 0.514. The average molecular weight is 534 g/mol. The van der Waals surface area contributed by atoms with Crippen LogP contribution in [0.1, 0.15) is 41.6 Å². The molecule has 2 aromatic heterocycles. The van der Waals surface area contributed by atoms with E-state index in [4.69, 9.17) is 5.73 Å². The van der Waals surface area contributed by atoms with E-state index in [1.807, 2.05) is 10.6 Å². The van der Waals surface area contributed by atoms with Crippen LogP contribution in [0.25, 0.3) is 11.2 Å². The second kappa shape index (κ2) is 7.80. The normalized spacial score (nSPS) is 15.6. The maximum absolute atomic E-state index is 12.2. The molecule has 8 nitrogen and oxygen atoms in total. The first kappa shape index (κ1) is 19.7. The lowest BCUT2D eigenvalue weighted by Crippen LogP contribution is -2.26. The number of amides is 1. The van der Waals surface area contributed by atoms with Gasteiger partial charge in [0.2, 0.25) is 5.91 Å². The van der Waals surface area contributed by atoms with Gasteiger partial charge in [0, 0.05) is 39.5 Å². The zero-order valence-electron chi connectivity index (χ0n) is 16.0. The summed E-state index contributed by atoms with van der Waals surface area (Å²) in [5, 5.41) is 3.69. The second-order valence-corrected chi connectivity index (χ2v) is 9.71. The number of halogens is 1. The molecule has 0 bridgehead atoms. The van der Waals surface area contributed by atoms with Gasteiger partial charge in [0.05, 0.1) is 0 Å². The third-order valence-electron chi connectivity index (χ3n) is 5.31. The van der Waals surface area contributed by atoms with Gasteiger partial charge in [-0.05, 0) is 59.5 Å². The SMILES string of the molecule is Nc1ncnc2c1nc(Sc1cc3c(cc1I)CCC3=O)n2CCC(=O)NC1CC1. The summed E-state index contributed by atoms with van der Waals surface area (Å²) in [6.45, 7) is 0.439. The number of nitrogens with zero attached hydrogens (tertiary/aromatic N) is 4. The number of fused-ring (bicyclic) bond motifs is 2. The van der Waals surface area contributed by atoms with Gasteiger partial charge in [-0.2, -0.15) is 0 Å². The van der Waals surface area contributed by atoms with Gasteiger partial charge in [0.15, 0.2) is 27.9 Å². The van der Waals surface area contributed by atoms with Crippen molar-refractivity contribution < 1.29 is 9.59 Å². The molecule has 0 spiro atoms. The Balaban J connectivity index is 1.49. The maximum atomic E-state index is 12.2. The number of hydrogen-bond acceptors (Lipinski definition) is 7. The zero-order chi connectivity index (χ0) is 20.8. The highest BCUT2D eigenvalue weighted by atomic mass is 127. The van der Waals surface area contributed by atoms with Crippen LogP contribution < -0.4 is 11.1 Å². The molecule has 0 atom stereocenters. The number of nitrogens with one attached hydrogen (secondary N) is 1. The molecule has 0 aliphatic heterocycles. The molecule has 0 saturated heterocycles. The molecule has 3 N–H and O–H groups in total. The van der Waals surface area contributed by atoms with E-state index in [9.17, 15) is 9.59 Å². The molecule has 2 aliphatic carbocycles. The largest absolute Gasteiger partial charge is 0.382 e. The summed E-state index contributed by atoms with van der Waals surface area (Å²) in [6, 6.07) is 4.36. The smallest absolute Gasteiger partial charge is 0.222 e. The van der Waals surface area contributed by atoms with Crippen LogP contribution in [-0.4, -0.2) is 37.3 Å². The number of carbonyl (C=O) groups excluding carboxylic acids is 2. The standard InChI is InChI=1S/C20H19IN6O2S/c21-13-7-10-1-4-14(28)12(10)8-15(13)30-20-26-17-18(22)23-9-24-19(17)27(20)6-5-16(29)25-11-2-3-11/h7-9,11H,1-6H2,(H,25,29)(H2,22,23,24). The van der Waals surface area contributed by atoms with Gasteiger partial charge in [-0.25, -0.2) is 15.0 Å². The van der Waals surface area contributed by atoms with Crippen molar-refractivity contribution in [1.82, 2.24) is 24.8 Å². The first-order chi connectivity index (χ1) is 14.5. The number of nitrogens with two attached hydrogens (primary N) is 1. The quantitative estimate of drug-likeness (QED) is 0.468. The van der Waals surface area contributed by atoms with Gasteiger partial charge >= 0.3 is 0 Å². The number of aromatic nitrogens is 4. The summed E-state index contributed by atoms with van der Waals surface area (Å²) in [4.78, 5) is 38.4. The first-order valence-electron chi connectivity index (χ1n) is 9.79. The van der Waals surface area contributed by atoms with E-state index in [-0.39, 0.29) is 11.7 Å². The number of nitrogen functional groups attached to an aromatic ring is 1. The van der Waals surface area contributed by atoms with Crippen LogP contribution in [0.4, 0.5) is 5.82 Å². The minimum Gasteiger partial charge on any atom is -0.382 e. The molecule has 1 amide bonds. The Kier molecular flexibility index (Phi) is 5.13. The number of benzene rings is 1. The summed E-state index contributed by atoms with van der Waals surface area (Å²) in [6.07, 6.45) is 5.22. The lowest BCUT2D eigenvalue weighted by atomic mass is 10.1. The van der Waals surface area contributed by atoms with Gasteiger partial charge < -0.3 is 15.6 Å². The molecule has 2 aliphatic rings. The molecule has 3 aromatic rings. The van der Waals surface area contributed by atoms with Crippen LogP contribution in [-0.2, 0) is 17.8 Å². The van der Waals surface area contributed by atoms with Crippen molar-refractivity contribution in [1.29, 1.82) is 0 Å². The van der Waals surface area contributed by atoms with E-state index in [0.717, 1.165) is 38.9 Å². The number of imidazole rings is 1. The zero-order valence-corrected chi connectivity index (χ0v) is 19.0. The Morgan fingerprint density at radius 1 is 1.30 bits per heavy atom. The van der Waals surface area contributed by atoms with Crippen LogP contribution in [0, 0.1) is 3.57 Å². The predicted octanol–water partition coefficient (Wildman–Crippen LogP) is 2.96. The Morgan fingerprint density at radius 2 is 2.13 bits per heavy atom. The summed E-state index contributed by atoms with van der Waals surface area (Å²) >= 11 is 3.75. The highest BCUT2D eigenvalue weighted by molar-refractivity contribution is 14.1. The van der Waals surface area contributed by atoms with Crippen molar-refractivity contribution in [2.75, 3.05) is 5.73 Å². The van der Waals surface area contributed by atoms with E-state index in [2.05, 4.69) is 48.9 Å². The maximum Gasteiger partial charge on any atom is 0.222 e. The summed E-state index contributed by atoms with van der Waals surface area (Å²) < 4.78 is 2.98. The molecule has 2 heterocycles. The van der Waals surface area contributed by atoms with Gasteiger partial charge in [-0.3, -0.25) is 9.59 Å². The molecule has 1 aromatic carbocycles. The fraction of sp³-hybridized carbons (Fsp3) is 0.350. The van der Waals surface area contributed by atoms with E-state index in [1.54, 1.807) is 0 Å². The second-order valence-electron chi connectivity index (χ2n) is 7.53. The molecule has 154 valence electrons. The molecule has 30 heavy (non-hydrogen) atoms. The van der Waals surface area contributed by atoms with Crippen LogP contribution in [0.2, 0.25) is 0 Å². The Labute approximate surface area is 190 Å². The number of carbonyl (C=O) groups is 2. The van der Waals surface area contributed by atoms with Crippen molar-refractivity contribution in [2.24, 2.45) is 0 Å². The van der Waals surface area contributed by atoms with Gasteiger partial charge in [-0.1, -0.05) is 11.8 Å². The molecular weight excluding hydrogens is 515 g/mol. The number of hydrogen-bond donors (Lipinski definition) is 2. The monoisotopic (exact) mass is 534 g/mol. The predicted molar refractivity (Wildman–Crippen MR) is 121 cm³/mol. The molecule has 0 radical (unpaired) electrons. The third kappa shape index (κ3) is 3.78. The topological polar surface area (TPSA) is 116 Å². The van der Waals surface area contributed by atoms with Crippen molar-refractivity contribution in [3.63, 3.8) is 0 Å². The lowest BCUT2D eigenvalue weighted by Gasteiger charge is -2.10. The van der Waals surface area contributed by atoms with Gasteiger partial charge in [0.1, 0.15) is 6.33 Å². The van der Waals surface area contributed by atoms with Crippen LogP contribution >= 0.6 is 34.4 Å². The van der Waals surface area contributed by atoms with Gasteiger partial charge in [-0.15, -0.1) is 0 Å². The number of ketones is 1.